The van der Waals surface area contributed by atoms with Gasteiger partial charge in [-0.25, -0.2) is 4.39 Å². The van der Waals surface area contributed by atoms with Gasteiger partial charge < -0.3 is 0 Å². The summed E-state index contributed by atoms with van der Waals surface area (Å²) in [5.41, 5.74) is 1.28. The summed E-state index contributed by atoms with van der Waals surface area (Å²) in [6.45, 7) is 0. The maximum Gasteiger partial charge on any atom is 0.199 e. The lowest BCUT2D eigenvalue weighted by atomic mass is 10.1. The Balaban J connectivity index is 2.08. The molecule has 6 heteroatoms. The first-order chi connectivity index (χ1) is 10.2. The Bertz CT molecular complexity index is 806. The molecule has 21 heavy (non-hydrogen) atoms. The van der Waals surface area contributed by atoms with E-state index >= 15 is 0 Å². The number of nitrogens with zero attached hydrogens (tertiary/aromatic N) is 2. The number of hydrogen-bond acceptors (Lipinski definition) is 2. The van der Waals surface area contributed by atoms with Gasteiger partial charge in [0, 0.05) is 22.7 Å². The zero-order valence-corrected chi connectivity index (χ0v) is 12.5. The fourth-order valence-electron chi connectivity index (χ4n) is 2.15. The minimum atomic E-state index is -0.351. The second kappa shape index (κ2) is 5.79. The van der Waals surface area contributed by atoms with Crippen LogP contribution in [-0.4, -0.2) is 14.8 Å². The topological polar surface area (TPSA) is 33.6 Å². The number of aromatic amines is 1. The molecule has 3 aromatic rings. The molecule has 0 amide bonds. The SMILES string of the molecule is Fc1cccc(Cl)c1Cc1n[nH]c(=S)n1-c1ccccc1. The second-order valence-corrected chi connectivity index (χ2v) is 5.29. The Morgan fingerprint density at radius 1 is 1.14 bits per heavy atom. The van der Waals surface area contributed by atoms with E-state index in [2.05, 4.69) is 10.2 Å². The van der Waals surface area contributed by atoms with Crippen molar-refractivity contribution in [1.29, 1.82) is 0 Å². The first-order valence-corrected chi connectivity index (χ1v) is 7.10. The Morgan fingerprint density at radius 3 is 2.62 bits per heavy atom. The van der Waals surface area contributed by atoms with E-state index in [9.17, 15) is 4.39 Å². The molecule has 0 bridgehead atoms. The van der Waals surface area contributed by atoms with Gasteiger partial charge in [-0.1, -0.05) is 35.9 Å². The predicted octanol–water partition coefficient (Wildman–Crippen LogP) is 4.31. The summed E-state index contributed by atoms with van der Waals surface area (Å²) in [5.74, 6) is 0.259. The van der Waals surface area contributed by atoms with E-state index in [-0.39, 0.29) is 12.2 Å². The van der Waals surface area contributed by atoms with Crippen LogP contribution in [0.5, 0.6) is 0 Å². The van der Waals surface area contributed by atoms with Gasteiger partial charge in [-0.15, -0.1) is 0 Å². The average molecular weight is 320 g/mol. The average Bonchev–Trinajstić information content (AvgIpc) is 2.85. The summed E-state index contributed by atoms with van der Waals surface area (Å²) in [7, 11) is 0. The predicted molar refractivity (Wildman–Crippen MR) is 83.0 cm³/mol. The van der Waals surface area contributed by atoms with Gasteiger partial charge in [0.15, 0.2) is 4.77 Å². The first-order valence-electron chi connectivity index (χ1n) is 6.31. The number of nitrogens with one attached hydrogen (secondary N) is 1. The van der Waals surface area contributed by atoms with E-state index in [0.717, 1.165) is 5.69 Å². The number of halogens is 2. The Labute approximate surface area is 131 Å². The molecule has 3 nitrogen and oxygen atoms in total. The molecule has 0 unspecified atom stereocenters. The van der Waals surface area contributed by atoms with Gasteiger partial charge in [-0.2, -0.15) is 5.10 Å². The monoisotopic (exact) mass is 319 g/mol. The summed E-state index contributed by atoms with van der Waals surface area (Å²) >= 11 is 11.3. The van der Waals surface area contributed by atoms with Crippen molar-refractivity contribution >= 4 is 23.8 Å². The number of rotatable bonds is 3. The molecule has 0 fully saturated rings. The molecule has 1 N–H and O–H groups in total. The summed E-state index contributed by atoms with van der Waals surface area (Å²) in [6, 6.07) is 14.2. The quantitative estimate of drug-likeness (QED) is 0.730. The standard InChI is InChI=1S/C15H11ClFN3S/c16-12-7-4-8-13(17)11(12)9-14-18-19-15(21)20(14)10-5-2-1-3-6-10/h1-8H,9H2,(H,19,21). The highest BCUT2D eigenvalue weighted by atomic mass is 35.5. The molecule has 0 aliphatic carbocycles. The van der Waals surface area contributed by atoms with Crippen molar-refractivity contribution in [1.82, 2.24) is 14.8 Å². The van der Waals surface area contributed by atoms with Crippen molar-refractivity contribution in [2.24, 2.45) is 0 Å². The van der Waals surface area contributed by atoms with Crippen LogP contribution in [0.25, 0.3) is 5.69 Å². The molecular formula is C15H11ClFN3S. The largest absolute Gasteiger partial charge is 0.272 e. The van der Waals surface area contributed by atoms with E-state index in [1.165, 1.54) is 6.07 Å². The lowest BCUT2D eigenvalue weighted by Crippen LogP contribution is -2.04. The molecule has 0 aliphatic heterocycles. The fraction of sp³-hybridized carbons (Fsp3) is 0.0667. The van der Waals surface area contributed by atoms with Crippen LogP contribution in [0, 0.1) is 10.6 Å². The molecule has 1 heterocycles. The molecule has 0 spiro atoms. The third-order valence-corrected chi connectivity index (χ3v) is 3.78. The highest BCUT2D eigenvalue weighted by Crippen LogP contribution is 2.22. The van der Waals surface area contributed by atoms with E-state index in [1.54, 1.807) is 16.7 Å². The van der Waals surface area contributed by atoms with Crippen LogP contribution >= 0.6 is 23.8 Å². The molecule has 0 radical (unpaired) electrons. The number of benzene rings is 2. The first kappa shape index (κ1) is 14.0. The minimum absolute atomic E-state index is 0.257. The summed E-state index contributed by atoms with van der Waals surface area (Å²) in [5, 5.41) is 7.31. The van der Waals surface area contributed by atoms with E-state index in [1.807, 2.05) is 30.3 Å². The molecule has 1 aromatic heterocycles. The molecule has 3 rings (SSSR count). The van der Waals surface area contributed by atoms with Crippen LogP contribution in [0.1, 0.15) is 11.4 Å². The zero-order chi connectivity index (χ0) is 14.8. The normalized spacial score (nSPS) is 10.8. The van der Waals surface area contributed by atoms with E-state index < -0.39 is 0 Å². The van der Waals surface area contributed by atoms with Gasteiger partial charge in [-0.3, -0.25) is 9.67 Å². The minimum Gasteiger partial charge on any atom is -0.272 e. The van der Waals surface area contributed by atoms with Gasteiger partial charge in [0.2, 0.25) is 0 Å². The van der Waals surface area contributed by atoms with Crippen LogP contribution in [-0.2, 0) is 6.42 Å². The van der Waals surface area contributed by atoms with Crippen LogP contribution in [0.3, 0.4) is 0 Å². The van der Waals surface area contributed by atoms with Crippen LogP contribution in [0.2, 0.25) is 5.02 Å². The van der Waals surface area contributed by atoms with Gasteiger partial charge >= 0.3 is 0 Å². The van der Waals surface area contributed by atoms with Crippen molar-refractivity contribution in [3.63, 3.8) is 0 Å². The lowest BCUT2D eigenvalue weighted by Gasteiger charge is -2.08. The molecule has 0 saturated carbocycles. The number of hydrogen-bond donors (Lipinski definition) is 1. The zero-order valence-electron chi connectivity index (χ0n) is 10.9. The van der Waals surface area contributed by atoms with Crippen molar-refractivity contribution in [2.45, 2.75) is 6.42 Å². The highest BCUT2D eigenvalue weighted by molar-refractivity contribution is 7.71. The van der Waals surface area contributed by atoms with Crippen molar-refractivity contribution in [3.05, 3.63) is 75.5 Å². The molecule has 0 aliphatic rings. The van der Waals surface area contributed by atoms with E-state index in [0.29, 0.717) is 21.2 Å². The van der Waals surface area contributed by atoms with Gasteiger partial charge in [-0.05, 0) is 36.5 Å². The number of aromatic nitrogens is 3. The Morgan fingerprint density at radius 2 is 1.90 bits per heavy atom. The molecule has 0 saturated heterocycles. The van der Waals surface area contributed by atoms with Gasteiger partial charge in [0.25, 0.3) is 0 Å². The van der Waals surface area contributed by atoms with Gasteiger partial charge in [0.05, 0.1) is 0 Å². The fourth-order valence-corrected chi connectivity index (χ4v) is 2.64. The summed E-state index contributed by atoms with van der Waals surface area (Å²) < 4.78 is 16.2. The summed E-state index contributed by atoms with van der Waals surface area (Å²) in [6.07, 6.45) is 0.257. The maximum absolute atomic E-state index is 13.9. The van der Waals surface area contributed by atoms with Crippen LogP contribution in [0.15, 0.2) is 48.5 Å². The van der Waals surface area contributed by atoms with Crippen LogP contribution in [0.4, 0.5) is 4.39 Å². The van der Waals surface area contributed by atoms with Crippen molar-refractivity contribution in [2.75, 3.05) is 0 Å². The Kier molecular flexibility index (Phi) is 3.86. The second-order valence-electron chi connectivity index (χ2n) is 4.49. The number of H-pyrrole nitrogens is 1. The third kappa shape index (κ3) is 2.75. The van der Waals surface area contributed by atoms with E-state index in [4.69, 9.17) is 23.8 Å². The van der Waals surface area contributed by atoms with Crippen molar-refractivity contribution < 1.29 is 4.39 Å². The smallest absolute Gasteiger partial charge is 0.199 e. The lowest BCUT2D eigenvalue weighted by molar-refractivity contribution is 0.611. The third-order valence-electron chi connectivity index (χ3n) is 3.15. The maximum atomic E-state index is 13.9. The molecule has 2 aromatic carbocycles. The molecule has 106 valence electrons. The molecule has 0 atom stereocenters. The Hall–Kier alpha value is -1.98. The molecular weight excluding hydrogens is 309 g/mol. The number of para-hydroxylation sites is 1. The highest BCUT2D eigenvalue weighted by Gasteiger charge is 2.14. The van der Waals surface area contributed by atoms with Crippen molar-refractivity contribution in [3.8, 4) is 5.69 Å². The van der Waals surface area contributed by atoms with Gasteiger partial charge in [0.1, 0.15) is 11.6 Å². The van der Waals surface area contributed by atoms with Crippen LogP contribution < -0.4 is 0 Å². The summed E-state index contributed by atoms with van der Waals surface area (Å²) in [4.78, 5) is 0.